The van der Waals surface area contributed by atoms with E-state index in [-0.39, 0.29) is 40.0 Å². The minimum Gasteiger partial charge on any atom is -0.337 e. The normalized spacial score (nSPS) is 11.5. The second-order valence-corrected chi connectivity index (χ2v) is 6.82. The Labute approximate surface area is 171 Å². The highest BCUT2D eigenvalue weighted by molar-refractivity contribution is 5.94. The Morgan fingerprint density at radius 2 is 1.71 bits per heavy atom. The number of benzene rings is 2. The van der Waals surface area contributed by atoms with Gasteiger partial charge in [-0.05, 0) is 31.2 Å². The van der Waals surface area contributed by atoms with Gasteiger partial charge in [0.15, 0.2) is 0 Å². The summed E-state index contributed by atoms with van der Waals surface area (Å²) >= 11 is 0. The third-order valence-corrected chi connectivity index (χ3v) is 4.78. The smallest absolute Gasteiger partial charge is 0.337 e. The molecule has 1 aromatic heterocycles. The first-order valence-electron chi connectivity index (χ1n) is 8.76. The summed E-state index contributed by atoms with van der Waals surface area (Å²) in [6.45, 7) is 1.21. The van der Waals surface area contributed by atoms with Gasteiger partial charge in [0.2, 0.25) is 0 Å². The van der Waals surface area contributed by atoms with Gasteiger partial charge in [0.25, 0.3) is 11.6 Å². The lowest BCUT2D eigenvalue weighted by Gasteiger charge is -2.20. The van der Waals surface area contributed by atoms with Crippen LogP contribution in [-0.4, -0.2) is 32.7 Å². The van der Waals surface area contributed by atoms with Crippen molar-refractivity contribution in [2.24, 2.45) is 0 Å². The number of nitrogens with one attached hydrogen (secondary N) is 2. The van der Waals surface area contributed by atoms with Crippen molar-refractivity contribution in [3.63, 3.8) is 0 Å². The molecular formula is C19H15F3N4O5. The summed E-state index contributed by atoms with van der Waals surface area (Å²) in [5, 5.41) is 11.4. The molecule has 0 bridgehead atoms. The zero-order chi connectivity index (χ0) is 23.1. The average molecular weight is 436 g/mol. The second kappa shape index (κ2) is 7.70. The van der Waals surface area contributed by atoms with Crippen molar-refractivity contribution in [1.82, 2.24) is 14.9 Å². The Balaban J connectivity index is 2.03. The van der Waals surface area contributed by atoms with E-state index in [0.717, 1.165) is 35.2 Å². The molecule has 0 saturated carbocycles. The number of hydrogen-bond acceptors (Lipinski definition) is 5. The van der Waals surface area contributed by atoms with E-state index in [4.69, 9.17) is 0 Å². The lowest BCUT2D eigenvalue weighted by molar-refractivity contribution is -0.385. The van der Waals surface area contributed by atoms with Crippen molar-refractivity contribution in [2.45, 2.75) is 19.6 Å². The third kappa shape index (κ3) is 4.17. The van der Waals surface area contributed by atoms with Crippen LogP contribution >= 0.6 is 0 Å². The molecule has 0 aliphatic rings. The van der Waals surface area contributed by atoms with E-state index in [2.05, 4.69) is 9.97 Å². The predicted octanol–water partition coefficient (Wildman–Crippen LogP) is 2.72. The molecule has 0 atom stereocenters. The largest absolute Gasteiger partial charge is 0.416 e. The summed E-state index contributed by atoms with van der Waals surface area (Å²) in [6, 6.07) is 4.70. The lowest BCUT2D eigenvalue weighted by Crippen LogP contribution is -2.31. The summed E-state index contributed by atoms with van der Waals surface area (Å²) in [4.78, 5) is 52.5. The molecule has 0 aliphatic carbocycles. The van der Waals surface area contributed by atoms with Crippen molar-refractivity contribution in [2.75, 3.05) is 7.05 Å². The molecule has 3 aromatic rings. The monoisotopic (exact) mass is 436 g/mol. The van der Waals surface area contributed by atoms with E-state index in [1.807, 2.05) is 0 Å². The number of amides is 1. The summed E-state index contributed by atoms with van der Waals surface area (Å²) in [6.07, 6.45) is -4.55. The van der Waals surface area contributed by atoms with Gasteiger partial charge < -0.3 is 14.9 Å². The number of hydrogen-bond donors (Lipinski definition) is 2. The molecule has 0 saturated heterocycles. The maximum Gasteiger partial charge on any atom is 0.416 e. The predicted molar refractivity (Wildman–Crippen MR) is 104 cm³/mol. The van der Waals surface area contributed by atoms with Crippen molar-refractivity contribution < 1.29 is 22.9 Å². The van der Waals surface area contributed by atoms with Crippen molar-refractivity contribution >= 4 is 22.6 Å². The van der Waals surface area contributed by atoms with E-state index in [0.29, 0.717) is 0 Å². The fraction of sp³-hybridized carbons (Fsp3) is 0.211. The summed E-state index contributed by atoms with van der Waals surface area (Å²) in [5.74, 6) is -0.639. The van der Waals surface area contributed by atoms with Crippen LogP contribution in [0.25, 0.3) is 11.0 Å². The number of carbonyl (C=O) groups is 1. The summed E-state index contributed by atoms with van der Waals surface area (Å²) < 4.78 is 38.2. The molecule has 0 unspecified atom stereocenters. The number of carbonyl (C=O) groups excluding carboxylic acids is 1. The zero-order valence-electron chi connectivity index (χ0n) is 16.2. The molecule has 2 N–H and O–H groups in total. The fourth-order valence-corrected chi connectivity index (χ4v) is 3.13. The van der Waals surface area contributed by atoms with Crippen LogP contribution in [0, 0.1) is 17.0 Å². The Bertz CT molecular complexity index is 1310. The fourth-order valence-electron chi connectivity index (χ4n) is 3.13. The standard InChI is InChI=1S/C19H15F3N4O5/c1-9-12(15-13(7-14(9)26(30)31)23-16(27)17(28)24-15)8-25(2)18(29)10-3-5-11(6-4-10)19(20,21)22/h3-7H,8H2,1-2H3,(H,23,27)(H,24,28). The third-order valence-electron chi connectivity index (χ3n) is 4.78. The highest BCUT2D eigenvalue weighted by Gasteiger charge is 2.30. The minimum absolute atomic E-state index is 0.00674. The van der Waals surface area contributed by atoms with Crippen LogP contribution in [0.1, 0.15) is 27.0 Å². The van der Waals surface area contributed by atoms with Gasteiger partial charge in [0.05, 0.1) is 21.5 Å². The van der Waals surface area contributed by atoms with Crippen LogP contribution in [0.4, 0.5) is 18.9 Å². The number of alkyl halides is 3. The van der Waals surface area contributed by atoms with Gasteiger partial charge in [-0.25, -0.2) is 0 Å². The minimum atomic E-state index is -4.55. The summed E-state index contributed by atoms with van der Waals surface area (Å²) in [5.41, 5.74) is -2.75. The topological polar surface area (TPSA) is 129 Å². The number of nitrogens with zero attached hydrogens (tertiary/aromatic N) is 2. The van der Waals surface area contributed by atoms with E-state index in [9.17, 15) is 37.7 Å². The van der Waals surface area contributed by atoms with E-state index >= 15 is 0 Å². The SMILES string of the molecule is Cc1c([N+](=O)[O-])cc2[nH]c(=O)c(=O)[nH]c2c1CN(C)C(=O)c1ccc(C(F)(F)F)cc1. The second-order valence-electron chi connectivity index (χ2n) is 6.82. The number of fused-ring (bicyclic) bond motifs is 1. The van der Waals surface area contributed by atoms with Gasteiger partial charge in [-0.3, -0.25) is 24.5 Å². The quantitative estimate of drug-likeness (QED) is 0.369. The highest BCUT2D eigenvalue weighted by atomic mass is 19.4. The van der Waals surface area contributed by atoms with Gasteiger partial charge in [0, 0.05) is 36.3 Å². The number of H-pyrrole nitrogens is 2. The Morgan fingerprint density at radius 1 is 1.13 bits per heavy atom. The molecule has 12 heteroatoms. The summed E-state index contributed by atoms with van der Waals surface area (Å²) in [7, 11) is 1.36. The van der Waals surface area contributed by atoms with Crippen molar-refractivity contribution in [1.29, 1.82) is 0 Å². The average Bonchev–Trinajstić information content (AvgIpc) is 2.70. The number of nitro benzene ring substituents is 1. The first-order chi connectivity index (χ1) is 14.4. The highest BCUT2D eigenvalue weighted by Crippen LogP contribution is 2.30. The number of aromatic nitrogens is 2. The van der Waals surface area contributed by atoms with E-state index in [1.54, 1.807) is 0 Å². The van der Waals surface area contributed by atoms with Crippen LogP contribution in [-0.2, 0) is 12.7 Å². The van der Waals surface area contributed by atoms with E-state index < -0.39 is 33.7 Å². The Hall–Kier alpha value is -3.96. The Kier molecular flexibility index (Phi) is 5.40. The maximum atomic E-state index is 12.7. The van der Waals surface area contributed by atoms with Gasteiger partial charge in [-0.15, -0.1) is 0 Å². The van der Waals surface area contributed by atoms with Crippen LogP contribution in [0.2, 0.25) is 0 Å². The number of nitro groups is 1. The Morgan fingerprint density at radius 3 is 2.26 bits per heavy atom. The number of rotatable bonds is 4. The van der Waals surface area contributed by atoms with Crippen LogP contribution in [0.15, 0.2) is 39.9 Å². The molecule has 2 aromatic carbocycles. The van der Waals surface area contributed by atoms with Crippen molar-refractivity contribution in [3.8, 4) is 0 Å². The molecular weight excluding hydrogens is 421 g/mol. The van der Waals surface area contributed by atoms with Crippen LogP contribution < -0.4 is 11.1 Å². The van der Waals surface area contributed by atoms with Gasteiger partial charge in [-0.2, -0.15) is 13.2 Å². The molecule has 162 valence electrons. The van der Waals surface area contributed by atoms with Crippen molar-refractivity contribution in [3.05, 3.63) is 83.4 Å². The van der Waals surface area contributed by atoms with Gasteiger partial charge >= 0.3 is 17.3 Å². The molecule has 31 heavy (non-hydrogen) atoms. The van der Waals surface area contributed by atoms with Gasteiger partial charge in [0.1, 0.15) is 0 Å². The molecule has 0 radical (unpaired) electrons. The zero-order valence-corrected chi connectivity index (χ0v) is 16.2. The molecule has 1 amide bonds. The molecule has 9 nitrogen and oxygen atoms in total. The first-order valence-corrected chi connectivity index (χ1v) is 8.76. The number of aromatic amines is 2. The van der Waals surface area contributed by atoms with Gasteiger partial charge in [-0.1, -0.05) is 0 Å². The molecule has 0 fully saturated rings. The van der Waals surface area contributed by atoms with E-state index in [1.165, 1.54) is 14.0 Å². The maximum absolute atomic E-state index is 12.7. The van der Waals surface area contributed by atoms with Crippen LogP contribution in [0.5, 0.6) is 0 Å². The molecule has 0 aliphatic heterocycles. The first kappa shape index (κ1) is 21.7. The van der Waals surface area contributed by atoms with Crippen LogP contribution in [0.3, 0.4) is 0 Å². The number of halogens is 3. The lowest BCUT2D eigenvalue weighted by atomic mass is 10.0. The molecule has 0 spiro atoms. The molecule has 1 heterocycles. The molecule has 3 rings (SSSR count).